The number of amides is 1. The number of likely N-dealkylation sites (N-methyl/N-ethyl adjacent to an activating group) is 1. The van der Waals surface area contributed by atoms with Crippen LogP contribution in [0.25, 0.3) is 0 Å². The van der Waals surface area contributed by atoms with E-state index in [4.69, 9.17) is 0 Å². The number of amidine groups is 1. The predicted octanol–water partition coefficient (Wildman–Crippen LogP) is 0.533. The Balaban J connectivity index is 1.80. The third-order valence-electron chi connectivity index (χ3n) is 4.45. The van der Waals surface area contributed by atoms with E-state index in [0.29, 0.717) is 18.5 Å². The maximum Gasteiger partial charge on any atom is 0.326 e. The molecule has 2 aliphatic rings. The molecule has 1 saturated heterocycles. The molecular weight excluding hydrogens is 346 g/mol. The number of sulfonamides is 1. The first-order valence-corrected chi connectivity index (χ1v) is 9.43. The van der Waals surface area contributed by atoms with E-state index < -0.39 is 22.0 Å². The van der Waals surface area contributed by atoms with Crippen molar-refractivity contribution in [3.8, 4) is 0 Å². The van der Waals surface area contributed by atoms with Gasteiger partial charge >= 0.3 is 5.97 Å². The number of piperidine rings is 1. The number of rotatable bonds is 3. The quantitative estimate of drug-likeness (QED) is 0.837. The molecule has 0 bridgehead atoms. The zero-order chi connectivity index (χ0) is 18.2. The van der Waals surface area contributed by atoms with Crippen LogP contribution in [0.1, 0.15) is 24.8 Å². The molecule has 134 valence electrons. The molecule has 25 heavy (non-hydrogen) atoms. The highest BCUT2D eigenvalue weighted by Gasteiger charge is 2.35. The smallest absolute Gasteiger partial charge is 0.326 e. The fourth-order valence-corrected chi connectivity index (χ4v) is 4.47. The minimum absolute atomic E-state index is 0.116. The monoisotopic (exact) mass is 365 g/mol. The molecule has 3 rings (SSSR count). The molecule has 0 aromatic heterocycles. The zero-order valence-electron chi connectivity index (χ0n) is 13.8. The number of fused-ring (bicyclic) bond motifs is 1. The predicted molar refractivity (Wildman–Crippen MR) is 89.8 cm³/mol. The highest BCUT2D eigenvalue weighted by Crippen LogP contribution is 2.27. The van der Waals surface area contributed by atoms with Gasteiger partial charge in [0.15, 0.2) is 5.84 Å². The van der Waals surface area contributed by atoms with E-state index in [1.54, 1.807) is 25.2 Å². The Kier molecular flexibility index (Phi) is 4.51. The standard InChI is InChI=1S/C16H19N3O5S/c1-18(10-14(20)19-9-5-4-7-12(19)16(21)22)15-11-6-2-3-8-13(11)25(23,24)17-15/h2-3,6,8,12H,4-5,7,9-10H2,1H3,(H,21,22). The van der Waals surface area contributed by atoms with E-state index in [1.165, 1.54) is 15.9 Å². The minimum Gasteiger partial charge on any atom is -0.480 e. The highest BCUT2D eigenvalue weighted by molar-refractivity contribution is 7.90. The summed E-state index contributed by atoms with van der Waals surface area (Å²) in [5.74, 6) is -1.16. The summed E-state index contributed by atoms with van der Waals surface area (Å²) in [6.45, 7) is 0.261. The van der Waals surface area contributed by atoms with E-state index in [1.807, 2.05) is 0 Å². The van der Waals surface area contributed by atoms with E-state index in [9.17, 15) is 23.1 Å². The normalized spacial score (nSPS) is 21.4. The Labute approximate surface area is 145 Å². The van der Waals surface area contributed by atoms with Crippen LogP contribution >= 0.6 is 0 Å². The van der Waals surface area contributed by atoms with Crippen LogP contribution in [-0.2, 0) is 19.6 Å². The molecule has 1 aromatic carbocycles. The van der Waals surface area contributed by atoms with Crippen molar-refractivity contribution in [3.05, 3.63) is 29.8 Å². The van der Waals surface area contributed by atoms with Crippen molar-refractivity contribution >= 4 is 27.7 Å². The van der Waals surface area contributed by atoms with Gasteiger partial charge in [-0.05, 0) is 31.4 Å². The first-order chi connectivity index (χ1) is 11.8. The van der Waals surface area contributed by atoms with E-state index in [0.717, 1.165) is 12.8 Å². The van der Waals surface area contributed by atoms with Gasteiger partial charge in [0.2, 0.25) is 5.91 Å². The molecule has 1 aromatic rings. The molecule has 0 radical (unpaired) electrons. The van der Waals surface area contributed by atoms with Crippen molar-refractivity contribution in [3.63, 3.8) is 0 Å². The Morgan fingerprint density at radius 2 is 2.04 bits per heavy atom. The van der Waals surface area contributed by atoms with E-state index >= 15 is 0 Å². The number of carbonyl (C=O) groups is 2. The van der Waals surface area contributed by atoms with E-state index in [-0.39, 0.29) is 23.2 Å². The van der Waals surface area contributed by atoms with Gasteiger partial charge in [0, 0.05) is 19.2 Å². The number of aliphatic carboxylic acids is 1. The van der Waals surface area contributed by atoms with Crippen molar-refractivity contribution in [2.24, 2.45) is 4.40 Å². The van der Waals surface area contributed by atoms with Crippen LogP contribution < -0.4 is 0 Å². The number of carboxylic acid groups (broad SMARTS) is 1. The maximum absolute atomic E-state index is 12.6. The second-order valence-electron chi connectivity index (χ2n) is 6.18. The van der Waals surface area contributed by atoms with Gasteiger partial charge in [-0.25, -0.2) is 4.79 Å². The van der Waals surface area contributed by atoms with Gasteiger partial charge in [-0.3, -0.25) is 4.79 Å². The Morgan fingerprint density at radius 3 is 2.76 bits per heavy atom. The molecule has 1 unspecified atom stereocenters. The molecule has 0 aliphatic carbocycles. The van der Waals surface area contributed by atoms with Gasteiger partial charge in [-0.15, -0.1) is 4.40 Å². The van der Waals surface area contributed by atoms with Crippen LogP contribution in [0.5, 0.6) is 0 Å². The fourth-order valence-electron chi connectivity index (χ4n) is 3.22. The topological polar surface area (TPSA) is 107 Å². The van der Waals surface area contributed by atoms with Gasteiger partial charge in [0.25, 0.3) is 10.0 Å². The van der Waals surface area contributed by atoms with Gasteiger partial charge < -0.3 is 14.9 Å². The van der Waals surface area contributed by atoms with Crippen molar-refractivity contribution < 1.29 is 23.1 Å². The molecular formula is C16H19N3O5S. The molecule has 2 aliphatic heterocycles. The average molecular weight is 365 g/mol. The Bertz CT molecular complexity index is 849. The summed E-state index contributed by atoms with van der Waals surface area (Å²) in [7, 11) is -2.18. The van der Waals surface area contributed by atoms with Crippen molar-refractivity contribution in [1.82, 2.24) is 9.80 Å². The number of hydrogen-bond acceptors (Lipinski definition) is 5. The first kappa shape index (κ1) is 17.4. The summed E-state index contributed by atoms with van der Waals surface area (Å²) in [6.07, 6.45) is 1.97. The third kappa shape index (κ3) is 3.23. The lowest BCUT2D eigenvalue weighted by atomic mass is 10.0. The summed E-state index contributed by atoms with van der Waals surface area (Å²) in [5, 5.41) is 9.29. The Morgan fingerprint density at radius 1 is 1.32 bits per heavy atom. The van der Waals surface area contributed by atoms with Crippen molar-refractivity contribution in [2.45, 2.75) is 30.2 Å². The summed E-state index contributed by atoms with van der Waals surface area (Å²) in [6, 6.07) is 5.61. The number of carboxylic acids is 1. The molecule has 9 heteroatoms. The molecule has 0 saturated carbocycles. The summed E-state index contributed by atoms with van der Waals surface area (Å²) >= 11 is 0. The number of nitrogens with zero attached hydrogens (tertiary/aromatic N) is 3. The van der Waals surface area contributed by atoms with Gasteiger partial charge in [0.1, 0.15) is 10.9 Å². The number of likely N-dealkylation sites (tertiary alicyclic amines) is 1. The lowest BCUT2D eigenvalue weighted by Crippen LogP contribution is -2.51. The largest absolute Gasteiger partial charge is 0.480 e. The van der Waals surface area contributed by atoms with Crippen LogP contribution in [0.4, 0.5) is 0 Å². The number of hydrogen-bond donors (Lipinski definition) is 1. The second-order valence-corrected chi connectivity index (χ2v) is 7.75. The van der Waals surface area contributed by atoms with Gasteiger partial charge in [-0.2, -0.15) is 8.42 Å². The van der Waals surface area contributed by atoms with Crippen LogP contribution in [0, 0.1) is 0 Å². The zero-order valence-corrected chi connectivity index (χ0v) is 14.6. The van der Waals surface area contributed by atoms with Crippen LogP contribution in [0.15, 0.2) is 33.6 Å². The SMILES string of the molecule is CN(CC(=O)N1CCCCC1C(=O)O)C1=NS(=O)(=O)c2ccccc21. The fraction of sp³-hybridized carbons (Fsp3) is 0.438. The van der Waals surface area contributed by atoms with E-state index in [2.05, 4.69) is 4.40 Å². The maximum atomic E-state index is 12.6. The van der Waals surface area contributed by atoms with Crippen LogP contribution in [0.3, 0.4) is 0 Å². The minimum atomic E-state index is -3.76. The second kappa shape index (κ2) is 6.47. The average Bonchev–Trinajstić information content (AvgIpc) is 2.87. The highest BCUT2D eigenvalue weighted by atomic mass is 32.2. The van der Waals surface area contributed by atoms with Crippen molar-refractivity contribution in [1.29, 1.82) is 0 Å². The molecule has 1 atom stereocenters. The molecule has 8 nitrogen and oxygen atoms in total. The summed E-state index contributed by atoms with van der Waals surface area (Å²) < 4.78 is 28.0. The van der Waals surface area contributed by atoms with Gasteiger partial charge in [-0.1, -0.05) is 12.1 Å². The first-order valence-electron chi connectivity index (χ1n) is 7.99. The lowest BCUT2D eigenvalue weighted by Gasteiger charge is -2.34. The summed E-state index contributed by atoms with van der Waals surface area (Å²) in [4.78, 5) is 26.9. The Hall–Kier alpha value is -2.42. The molecule has 1 N–H and O–H groups in total. The summed E-state index contributed by atoms with van der Waals surface area (Å²) in [5.41, 5.74) is 0.450. The van der Waals surface area contributed by atoms with Crippen molar-refractivity contribution in [2.75, 3.05) is 20.1 Å². The molecule has 2 heterocycles. The molecule has 1 amide bonds. The lowest BCUT2D eigenvalue weighted by molar-refractivity contribution is -0.152. The van der Waals surface area contributed by atoms with Crippen LogP contribution in [-0.4, -0.2) is 67.2 Å². The number of benzene rings is 1. The number of carbonyl (C=O) groups excluding carboxylic acids is 1. The van der Waals surface area contributed by atoms with Gasteiger partial charge in [0.05, 0.1) is 6.54 Å². The third-order valence-corrected chi connectivity index (χ3v) is 5.78. The molecule has 1 fully saturated rings. The van der Waals surface area contributed by atoms with Crippen LogP contribution in [0.2, 0.25) is 0 Å². The molecule has 0 spiro atoms.